The van der Waals surface area contributed by atoms with Crippen LogP contribution in [-0.2, 0) is 0 Å². The Kier molecular flexibility index (Phi) is 6.12. The number of aromatic nitrogens is 3. The van der Waals surface area contributed by atoms with Gasteiger partial charge in [-0.1, -0.05) is 35.9 Å². The van der Waals surface area contributed by atoms with E-state index < -0.39 is 0 Å². The first-order chi connectivity index (χ1) is 16.6. The highest BCUT2D eigenvalue weighted by molar-refractivity contribution is 6.30. The monoisotopic (exact) mass is 471 g/mol. The molecule has 1 aliphatic rings. The summed E-state index contributed by atoms with van der Waals surface area (Å²) in [5.74, 6) is -0.295. The van der Waals surface area contributed by atoms with Crippen molar-refractivity contribution in [2.45, 2.75) is 0 Å². The second-order valence-corrected chi connectivity index (χ2v) is 8.48. The standard InChI is InChI=1S/C25H22ClN7O/c26-19-5-3-4-18(16-19)20-17-28-33-10-8-22(29-24(20)33)25(34)30-21-6-1-2-7-23(21)32-14-12-31(11-9-27)13-15-32/h1-8,10,16-17H,11-15H2,(H,30,34). The van der Waals surface area contributed by atoms with Gasteiger partial charge in [0.1, 0.15) is 5.69 Å². The number of para-hydroxylation sites is 2. The molecule has 0 bridgehead atoms. The molecular formula is C25H22ClN7O. The third kappa shape index (κ3) is 4.44. The molecule has 1 fully saturated rings. The Morgan fingerprint density at radius 3 is 2.71 bits per heavy atom. The Hall–Kier alpha value is -3.93. The molecule has 0 unspecified atom stereocenters. The first kappa shape index (κ1) is 21.9. The van der Waals surface area contributed by atoms with Gasteiger partial charge in [-0.25, -0.2) is 9.50 Å². The van der Waals surface area contributed by atoms with Crippen molar-refractivity contribution in [3.8, 4) is 17.2 Å². The van der Waals surface area contributed by atoms with Crippen molar-refractivity contribution < 1.29 is 4.79 Å². The minimum Gasteiger partial charge on any atom is -0.367 e. The Morgan fingerprint density at radius 1 is 1.09 bits per heavy atom. The van der Waals surface area contributed by atoms with Crippen LogP contribution in [0.4, 0.5) is 11.4 Å². The van der Waals surface area contributed by atoms with Gasteiger partial charge >= 0.3 is 0 Å². The highest BCUT2D eigenvalue weighted by Crippen LogP contribution is 2.28. The van der Waals surface area contributed by atoms with Crippen LogP contribution in [0.15, 0.2) is 67.0 Å². The average Bonchev–Trinajstić information content (AvgIpc) is 3.28. The van der Waals surface area contributed by atoms with Crippen molar-refractivity contribution >= 4 is 34.5 Å². The molecule has 4 aromatic rings. The largest absolute Gasteiger partial charge is 0.367 e. The van der Waals surface area contributed by atoms with Gasteiger partial charge in [0, 0.05) is 43.0 Å². The van der Waals surface area contributed by atoms with Gasteiger partial charge in [0.05, 0.1) is 30.2 Å². The van der Waals surface area contributed by atoms with Crippen LogP contribution in [0.25, 0.3) is 16.8 Å². The maximum Gasteiger partial charge on any atom is 0.274 e. The molecule has 5 rings (SSSR count). The molecule has 3 heterocycles. The molecule has 0 radical (unpaired) electrons. The lowest BCUT2D eigenvalue weighted by Crippen LogP contribution is -2.46. The molecule has 1 aliphatic heterocycles. The molecule has 170 valence electrons. The summed E-state index contributed by atoms with van der Waals surface area (Å²) in [6.07, 6.45) is 3.45. The number of halogens is 1. The van der Waals surface area contributed by atoms with Crippen molar-refractivity contribution in [2.75, 3.05) is 42.9 Å². The Bertz CT molecular complexity index is 1390. The first-order valence-corrected chi connectivity index (χ1v) is 11.3. The summed E-state index contributed by atoms with van der Waals surface area (Å²) in [7, 11) is 0. The summed E-state index contributed by atoms with van der Waals surface area (Å²) in [6, 6.07) is 19.1. The Morgan fingerprint density at radius 2 is 1.91 bits per heavy atom. The zero-order valence-electron chi connectivity index (χ0n) is 18.4. The van der Waals surface area contributed by atoms with E-state index in [0.717, 1.165) is 48.7 Å². The van der Waals surface area contributed by atoms with Gasteiger partial charge in [0.2, 0.25) is 0 Å². The molecule has 2 aromatic carbocycles. The second kappa shape index (κ2) is 9.51. The first-order valence-electron chi connectivity index (χ1n) is 11.0. The van der Waals surface area contributed by atoms with Gasteiger partial charge in [0.25, 0.3) is 5.91 Å². The SMILES string of the molecule is N#CCN1CCN(c2ccccc2NC(=O)c2ccn3ncc(-c4cccc(Cl)c4)c3n2)CC1. The van der Waals surface area contributed by atoms with E-state index in [2.05, 4.69) is 31.3 Å². The summed E-state index contributed by atoms with van der Waals surface area (Å²) in [5, 5.41) is 16.9. The van der Waals surface area contributed by atoms with E-state index in [0.29, 0.717) is 22.9 Å². The van der Waals surface area contributed by atoms with Crippen LogP contribution in [0, 0.1) is 11.3 Å². The average molecular weight is 472 g/mol. The van der Waals surface area contributed by atoms with Gasteiger partial charge in [-0.2, -0.15) is 10.4 Å². The number of nitrogens with zero attached hydrogens (tertiary/aromatic N) is 6. The van der Waals surface area contributed by atoms with Crippen LogP contribution in [0.1, 0.15) is 10.5 Å². The number of amides is 1. The maximum absolute atomic E-state index is 13.2. The number of carbonyl (C=O) groups excluding carboxylic acids is 1. The minimum atomic E-state index is -0.295. The van der Waals surface area contributed by atoms with E-state index in [1.54, 1.807) is 23.0 Å². The van der Waals surface area contributed by atoms with Crippen molar-refractivity contribution in [2.24, 2.45) is 0 Å². The normalized spacial score (nSPS) is 14.2. The van der Waals surface area contributed by atoms with E-state index in [4.69, 9.17) is 16.9 Å². The van der Waals surface area contributed by atoms with Crippen molar-refractivity contribution in [3.63, 3.8) is 0 Å². The molecule has 1 amide bonds. The van der Waals surface area contributed by atoms with E-state index in [9.17, 15) is 4.79 Å². The second-order valence-electron chi connectivity index (χ2n) is 8.04. The van der Waals surface area contributed by atoms with Crippen molar-refractivity contribution in [1.29, 1.82) is 5.26 Å². The fraction of sp³-hybridized carbons (Fsp3) is 0.200. The van der Waals surface area contributed by atoms with Gasteiger partial charge in [-0.3, -0.25) is 9.69 Å². The maximum atomic E-state index is 13.2. The van der Waals surface area contributed by atoms with Crippen LogP contribution in [0.2, 0.25) is 5.02 Å². The van der Waals surface area contributed by atoms with Gasteiger partial charge in [-0.15, -0.1) is 0 Å². The molecule has 8 nitrogen and oxygen atoms in total. The number of hydrogen-bond acceptors (Lipinski definition) is 6. The highest BCUT2D eigenvalue weighted by Gasteiger charge is 2.20. The summed E-state index contributed by atoms with van der Waals surface area (Å²) < 4.78 is 1.64. The lowest BCUT2D eigenvalue weighted by molar-refractivity contribution is 0.102. The van der Waals surface area contributed by atoms with Crippen molar-refractivity contribution in [1.82, 2.24) is 19.5 Å². The quantitative estimate of drug-likeness (QED) is 0.443. The van der Waals surface area contributed by atoms with Crippen LogP contribution < -0.4 is 10.2 Å². The number of anilines is 2. The zero-order chi connectivity index (χ0) is 23.5. The molecule has 1 saturated heterocycles. The van der Waals surface area contributed by atoms with Crippen LogP contribution in [-0.4, -0.2) is 58.1 Å². The summed E-state index contributed by atoms with van der Waals surface area (Å²) in [4.78, 5) is 22.1. The third-order valence-corrected chi connectivity index (χ3v) is 6.13. The Balaban J connectivity index is 1.39. The van der Waals surface area contributed by atoms with Crippen LogP contribution in [0.3, 0.4) is 0 Å². The van der Waals surface area contributed by atoms with Gasteiger partial charge in [0.15, 0.2) is 5.65 Å². The molecule has 2 aromatic heterocycles. The topological polar surface area (TPSA) is 89.6 Å². The van der Waals surface area contributed by atoms with Crippen LogP contribution in [0.5, 0.6) is 0 Å². The third-order valence-electron chi connectivity index (χ3n) is 5.90. The summed E-state index contributed by atoms with van der Waals surface area (Å²) >= 11 is 6.15. The number of benzene rings is 2. The highest BCUT2D eigenvalue weighted by atomic mass is 35.5. The van der Waals surface area contributed by atoms with E-state index in [1.165, 1.54) is 0 Å². The minimum absolute atomic E-state index is 0.295. The number of hydrogen-bond donors (Lipinski definition) is 1. The molecule has 0 atom stereocenters. The smallest absolute Gasteiger partial charge is 0.274 e. The Labute approximate surface area is 202 Å². The molecule has 0 aliphatic carbocycles. The molecule has 34 heavy (non-hydrogen) atoms. The fourth-order valence-corrected chi connectivity index (χ4v) is 4.33. The van der Waals surface area contributed by atoms with E-state index in [-0.39, 0.29) is 5.91 Å². The van der Waals surface area contributed by atoms with Crippen molar-refractivity contribution in [3.05, 3.63) is 77.7 Å². The molecule has 0 saturated carbocycles. The predicted molar refractivity (Wildman–Crippen MR) is 132 cm³/mol. The predicted octanol–water partition coefficient (Wildman–Crippen LogP) is 3.95. The molecule has 9 heteroatoms. The number of piperazine rings is 1. The summed E-state index contributed by atoms with van der Waals surface area (Å²) in [5.41, 5.74) is 4.24. The number of rotatable bonds is 5. The number of fused-ring (bicyclic) bond motifs is 1. The lowest BCUT2D eigenvalue weighted by Gasteiger charge is -2.35. The lowest BCUT2D eigenvalue weighted by atomic mass is 10.1. The van der Waals surface area contributed by atoms with E-state index in [1.807, 2.05) is 48.5 Å². The number of nitrogens with one attached hydrogen (secondary N) is 1. The fourth-order valence-electron chi connectivity index (χ4n) is 4.14. The van der Waals surface area contributed by atoms with Crippen LogP contribution >= 0.6 is 11.6 Å². The van der Waals surface area contributed by atoms with E-state index >= 15 is 0 Å². The molecular weight excluding hydrogens is 450 g/mol. The number of nitriles is 1. The van der Waals surface area contributed by atoms with Gasteiger partial charge < -0.3 is 10.2 Å². The molecule has 0 spiro atoms. The van der Waals surface area contributed by atoms with Gasteiger partial charge in [-0.05, 0) is 35.9 Å². The number of carbonyl (C=O) groups is 1. The zero-order valence-corrected chi connectivity index (χ0v) is 19.1. The molecule has 1 N–H and O–H groups in total. The summed E-state index contributed by atoms with van der Waals surface area (Å²) in [6.45, 7) is 3.63.